The smallest absolute Gasteiger partial charge is 0.317 e. The molecular weight excluding hydrogens is 248 g/mol. The second-order valence-corrected chi connectivity index (χ2v) is 5.74. The Kier molecular flexibility index (Phi) is 5.60. The molecule has 6 heteroatoms. The van der Waals surface area contributed by atoms with Crippen LogP contribution in [0.5, 0.6) is 0 Å². The molecule has 0 saturated carbocycles. The van der Waals surface area contributed by atoms with Gasteiger partial charge in [0.1, 0.15) is 0 Å². The van der Waals surface area contributed by atoms with E-state index in [1.807, 2.05) is 0 Å². The van der Waals surface area contributed by atoms with Crippen LogP contribution >= 0.6 is 0 Å². The average molecular weight is 272 g/mol. The van der Waals surface area contributed by atoms with Crippen molar-refractivity contribution in [1.82, 2.24) is 10.2 Å². The third-order valence-electron chi connectivity index (χ3n) is 3.59. The SMILES string of the molecule is CC(C)(CCNC(=O)N1CCCC(O)CC1)C(=O)O. The van der Waals surface area contributed by atoms with Crippen molar-refractivity contribution in [3.63, 3.8) is 0 Å². The monoisotopic (exact) mass is 272 g/mol. The van der Waals surface area contributed by atoms with Crippen LogP contribution in [0.3, 0.4) is 0 Å². The van der Waals surface area contributed by atoms with Crippen LogP contribution < -0.4 is 5.32 Å². The number of aliphatic hydroxyl groups is 1. The van der Waals surface area contributed by atoms with Gasteiger partial charge in [0.25, 0.3) is 0 Å². The fourth-order valence-electron chi connectivity index (χ4n) is 1.98. The lowest BCUT2D eigenvalue weighted by molar-refractivity contribution is -0.147. The first kappa shape index (κ1) is 15.8. The molecule has 0 bridgehead atoms. The minimum Gasteiger partial charge on any atom is -0.481 e. The molecule has 110 valence electrons. The summed E-state index contributed by atoms with van der Waals surface area (Å²) in [6.07, 6.45) is 2.22. The number of amides is 2. The van der Waals surface area contributed by atoms with E-state index in [2.05, 4.69) is 5.32 Å². The molecule has 19 heavy (non-hydrogen) atoms. The number of carboxylic acid groups (broad SMARTS) is 1. The number of urea groups is 1. The van der Waals surface area contributed by atoms with Gasteiger partial charge >= 0.3 is 12.0 Å². The Bertz CT molecular complexity index is 331. The van der Waals surface area contributed by atoms with E-state index in [0.29, 0.717) is 32.5 Å². The average Bonchev–Trinajstić information content (AvgIpc) is 2.53. The number of likely N-dealkylation sites (tertiary alicyclic amines) is 1. The Hall–Kier alpha value is -1.30. The van der Waals surface area contributed by atoms with Crippen molar-refractivity contribution in [3.8, 4) is 0 Å². The number of carbonyl (C=O) groups is 2. The Labute approximate surface area is 113 Å². The molecule has 1 saturated heterocycles. The summed E-state index contributed by atoms with van der Waals surface area (Å²) < 4.78 is 0. The Morgan fingerprint density at radius 3 is 2.63 bits per heavy atom. The zero-order chi connectivity index (χ0) is 14.5. The highest BCUT2D eigenvalue weighted by molar-refractivity contribution is 5.75. The highest BCUT2D eigenvalue weighted by atomic mass is 16.4. The van der Waals surface area contributed by atoms with Crippen LogP contribution in [0.2, 0.25) is 0 Å². The molecule has 1 aliphatic heterocycles. The van der Waals surface area contributed by atoms with Crippen LogP contribution in [0, 0.1) is 5.41 Å². The Morgan fingerprint density at radius 1 is 1.32 bits per heavy atom. The molecule has 1 fully saturated rings. The van der Waals surface area contributed by atoms with Gasteiger partial charge in [-0.1, -0.05) is 0 Å². The molecule has 1 rings (SSSR count). The van der Waals surface area contributed by atoms with Gasteiger partial charge < -0.3 is 20.4 Å². The van der Waals surface area contributed by atoms with Gasteiger partial charge in [0, 0.05) is 19.6 Å². The summed E-state index contributed by atoms with van der Waals surface area (Å²) in [5.74, 6) is -0.861. The predicted octanol–water partition coefficient (Wildman–Crippen LogP) is 1.04. The largest absolute Gasteiger partial charge is 0.481 e. The van der Waals surface area contributed by atoms with E-state index in [-0.39, 0.29) is 12.1 Å². The van der Waals surface area contributed by atoms with E-state index in [1.54, 1.807) is 18.7 Å². The number of hydrogen-bond donors (Lipinski definition) is 3. The molecule has 0 aromatic heterocycles. The number of nitrogens with zero attached hydrogens (tertiary/aromatic N) is 1. The van der Waals surface area contributed by atoms with E-state index in [1.165, 1.54) is 0 Å². The number of rotatable bonds is 4. The zero-order valence-electron chi connectivity index (χ0n) is 11.7. The fraction of sp³-hybridized carbons (Fsp3) is 0.846. The van der Waals surface area contributed by atoms with Crippen LogP contribution in [-0.2, 0) is 4.79 Å². The van der Waals surface area contributed by atoms with Crippen molar-refractivity contribution in [3.05, 3.63) is 0 Å². The van der Waals surface area contributed by atoms with Gasteiger partial charge in [-0.25, -0.2) is 4.79 Å². The van der Waals surface area contributed by atoms with Gasteiger partial charge in [0.05, 0.1) is 11.5 Å². The van der Waals surface area contributed by atoms with Gasteiger partial charge in [0.15, 0.2) is 0 Å². The van der Waals surface area contributed by atoms with Gasteiger partial charge in [-0.15, -0.1) is 0 Å². The second kappa shape index (κ2) is 6.75. The van der Waals surface area contributed by atoms with Crippen molar-refractivity contribution in [2.24, 2.45) is 5.41 Å². The minimum atomic E-state index is -0.861. The van der Waals surface area contributed by atoms with Crippen LogP contribution in [0.15, 0.2) is 0 Å². The number of hydrogen-bond acceptors (Lipinski definition) is 3. The molecule has 1 heterocycles. The summed E-state index contributed by atoms with van der Waals surface area (Å²) in [6, 6.07) is -0.171. The molecule has 1 aliphatic rings. The number of carbonyl (C=O) groups excluding carboxylic acids is 1. The molecule has 6 nitrogen and oxygen atoms in total. The lowest BCUT2D eigenvalue weighted by Crippen LogP contribution is -2.42. The van der Waals surface area contributed by atoms with Gasteiger partial charge in [-0.2, -0.15) is 0 Å². The minimum absolute atomic E-state index is 0.171. The fourth-order valence-corrected chi connectivity index (χ4v) is 1.98. The van der Waals surface area contributed by atoms with Crippen LogP contribution in [-0.4, -0.2) is 52.9 Å². The molecule has 0 radical (unpaired) electrons. The van der Waals surface area contributed by atoms with Crippen molar-refractivity contribution in [2.75, 3.05) is 19.6 Å². The van der Waals surface area contributed by atoms with Crippen LogP contribution in [0.1, 0.15) is 39.5 Å². The van der Waals surface area contributed by atoms with E-state index >= 15 is 0 Å². The molecule has 0 aliphatic carbocycles. The second-order valence-electron chi connectivity index (χ2n) is 5.74. The maximum Gasteiger partial charge on any atom is 0.317 e. The van der Waals surface area contributed by atoms with Gasteiger partial charge in [-0.05, 0) is 39.5 Å². The quantitative estimate of drug-likeness (QED) is 0.713. The molecule has 0 aromatic rings. The maximum absolute atomic E-state index is 11.9. The lowest BCUT2D eigenvalue weighted by Gasteiger charge is -2.23. The first-order valence-corrected chi connectivity index (χ1v) is 6.77. The van der Waals surface area contributed by atoms with Crippen LogP contribution in [0.25, 0.3) is 0 Å². The van der Waals surface area contributed by atoms with Crippen molar-refractivity contribution in [2.45, 2.75) is 45.6 Å². The Morgan fingerprint density at radius 2 is 2.00 bits per heavy atom. The highest BCUT2D eigenvalue weighted by Crippen LogP contribution is 2.19. The first-order valence-electron chi connectivity index (χ1n) is 6.77. The van der Waals surface area contributed by atoms with Crippen LogP contribution in [0.4, 0.5) is 4.79 Å². The predicted molar refractivity (Wildman–Crippen MR) is 70.9 cm³/mol. The van der Waals surface area contributed by atoms with E-state index < -0.39 is 11.4 Å². The molecule has 1 unspecified atom stereocenters. The molecule has 0 aromatic carbocycles. The number of aliphatic hydroxyl groups excluding tert-OH is 1. The summed E-state index contributed by atoms with van der Waals surface area (Å²) in [5.41, 5.74) is -0.831. The molecule has 1 atom stereocenters. The molecular formula is C13H24N2O4. The number of aliphatic carboxylic acids is 1. The van der Waals surface area contributed by atoms with Gasteiger partial charge in [-0.3, -0.25) is 4.79 Å². The Balaban J connectivity index is 2.33. The molecule has 0 spiro atoms. The first-order chi connectivity index (χ1) is 8.83. The normalized spacial score (nSPS) is 20.8. The maximum atomic E-state index is 11.9. The topological polar surface area (TPSA) is 89.9 Å². The van der Waals surface area contributed by atoms with E-state index in [0.717, 1.165) is 12.8 Å². The van der Waals surface area contributed by atoms with Crippen molar-refractivity contribution >= 4 is 12.0 Å². The van der Waals surface area contributed by atoms with Crippen molar-refractivity contribution in [1.29, 1.82) is 0 Å². The third kappa shape index (κ3) is 5.06. The third-order valence-corrected chi connectivity index (χ3v) is 3.59. The van der Waals surface area contributed by atoms with Crippen molar-refractivity contribution < 1.29 is 19.8 Å². The van der Waals surface area contributed by atoms with E-state index in [9.17, 15) is 14.7 Å². The standard InChI is InChI=1S/C13H24N2O4/c1-13(2,11(17)18)6-7-14-12(19)15-8-3-4-10(16)5-9-15/h10,16H,3-9H2,1-2H3,(H,14,19)(H,17,18). The number of nitrogens with one attached hydrogen (secondary N) is 1. The molecule has 3 N–H and O–H groups in total. The zero-order valence-corrected chi connectivity index (χ0v) is 11.7. The summed E-state index contributed by atoms with van der Waals surface area (Å²) in [5, 5.41) is 21.2. The highest BCUT2D eigenvalue weighted by Gasteiger charge is 2.27. The van der Waals surface area contributed by atoms with Gasteiger partial charge in [0.2, 0.25) is 0 Å². The van der Waals surface area contributed by atoms with E-state index in [4.69, 9.17) is 5.11 Å². The number of carboxylic acids is 1. The summed E-state index contributed by atoms with van der Waals surface area (Å²) in [4.78, 5) is 24.5. The lowest BCUT2D eigenvalue weighted by atomic mass is 9.90. The molecule has 2 amide bonds. The summed E-state index contributed by atoms with van der Waals surface area (Å²) >= 11 is 0. The summed E-state index contributed by atoms with van der Waals surface area (Å²) in [6.45, 7) is 4.82. The summed E-state index contributed by atoms with van der Waals surface area (Å²) in [7, 11) is 0.